The summed E-state index contributed by atoms with van der Waals surface area (Å²) in [6.07, 6.45) is 2.22. The molecule has 18 heavy (non-hydrogen) atoms. The second-order valence-electron chi connectivity index (χ2n) is 5.00. The zero-order valence-corrected chi connectivity index (χ0v) is 12.2. The van der Waals surface area contributed by atoms with Gasteiger partial charge in [-0.25, -0.2) is 0 Å². The fourth-order valence-electron chi connectivity index (χ4n) is 2.54. The highest BCUT2D eigenvalue weighted by Crippen LogP contribution is 2.36. The first-order valence-corrected chi connectivity index (χ1v) is 8.79. The number of nitrogens with one attached hydrogen (secondary N) is 1. The molecule has 0 radical (unpaired) electrons. The molecule has 0 aliphatic carbocycles. The molecular weight excluding hydrogens is 266 g/mol. The maximum atomic E-state index is 5.49. The van der Waals surface area contributed by atoms with Gasteiger partial charge in [0.1, 0.15) is 0 Å². The normalized spacial score (nSPS) is 33.5. The quantitative estimate of drug-likeness (QED) is 0.901. The lowest BCUT2D eigenvalue weighted by atomic mass is 9.93. The molecule has 2 aliphatic rings. The molecule has 2 saturated heterocycles. The molecule has 2 aliphatic heterocycles. The third kappa shape index (κ3) is 2.86. The topological polar surface area (TPSA) is 51.0 Å². The van der Waals surface area contributed by atoms with E-state index >= 15 is 0 Å². The highest BCUT2D eigenvalue weighted by atomic mass is 32.2. The van der Waals surface area contributed by atoms with Crippen LogP contribution in [0.15, 0.2) is 4.52 Å². The predicted molar refractivity (Wildman–Crippen MR) is 76.3 cm³/mol. The molecule has 0 aromatic carbocycles. The van der Waals surface area contributed by atoms with Gasteiger partial charge in [-0.2, -0.15) is 16.7 Å². The van der Waals surface area contributed by atoms with E-state index in [0.29, 0.717) is 17.2 Å². The Hall–Kier alpha value is -0.200. The van der Waals surface area contributed by atoms with E-state index in [1.165, 1.54) is 11.5 Å². The van der Waals surface area contributed by atoms with Gasteiger partial charge in [0.25, 0.3) is 0 Å². The van der Waals surface area contributed by atoms with E-state index in [4.69, 9.17) is 4.52 Å². The number of nitrogens with zero attached hydrogens (tertiary/aromatic N) is 2. The molecule has 4 nitrogen and oxygen atoms in total. The third-order valence-electron chi connectivity index (χ3n) is 3.53. The number of rotatable bonds is 2. The van der Waals surface area contributed by atoms with Crippen LogP contribution in [0.2, 0.25) is 0 Å². The Morgan fingerprint density at radius 1 is 1.39 bits per heavy atom. The van der Waals surface area contributed by atoms with Gasteiger partial charge < -0.3 is 9.84 Å². The summed E-state index contributed by atoms with van der Waals surface area (Å²) >= 11 is 3.95. The monoisotopic (exact) mass is 285 g/mol. The molecule has 100 valence electrons. The van der Waals surface area contributed by atoms with Gasteiger partial charge in [0.15, 0.2) is 5.82 Å². The van der Waals surface area contributed by atoms with Crippen molar-refractivity contribution >= 4 is 23.5 Å². The molecule has 1 N–H and O–H groups in total. The smallest absolute Gasteiger partial charge is 0.229 e. The molecule has 0 bridgehead atoms. The Morgan fingerprint density at radius 2 is 2.33 bits per heavy atom. The molecule has 6 heteroatoms. The van der Waals surface area contributed by atoms with Gasteiger partial charge in [-0.3, -0.25) is 0 Å². The van der Waals surface area contributed by atoms with Gasteiger partial charge in [-0.15, -0.1) is 11.8 Å². The summed E-state index contributed by atoms with van der Waals surface area (Å²) in [6, 6.07) is 0.554. The van der Waals surface area contributed by atoms with Crippen LogP contribution in [0.4, 0.5) is 0 Å². The second kappa shape index (κ2) is 5.84. The molecule has 2 fully saturated rings. The molecule has 3 unspecified atom stereocenters. The molecule has 3 rings (SSSR count). The van der Waals surface area contributed by atoms with Gasteiger partial charge in [0.2, 0.25) is 5.89 Å². The predicted octanol–water partition coefficient (Wildman–Crippen LogP) is 2.45. The van der Waals surface area contributed by atoms with E-state index in [0.717, 1.165) is 36.9 Å². The van der Waals surface area contributed by atoms with Crippen molar-refractivity contribution in [3.8, 4) is 0 Å². The minimum absolute atomic E-state index is 0.431. The number of hydrogen-bond donors (Lipinski definition) is 1. The first-order chi connectivity index (χ1) is 8.83. The average molecular weight is 285 g/mol. The minimum Gasteiger partial charge on any atom is -0.339 e. The van der Waals surface area contributed by atoms with E-state index in [9.17, 15) is 0 Å². The van der Waals surface area contributed by atoms with Crippen molar-refractivity contribution in [1.82, 2.24) is 15.5 Å². The van der Waals surface area contributed by atoms with Crippen molar-refractivity contribution in [1.29, 1.82) is 0 Å². The lowest BCUT2D eigenvalue weighted by Gasteiger charge is -2.25. The summed E-state index contributed by atoms with van der Waals surface area (Å²) in [5.41, 5.74) is 0. The molecule has 3 atom stereocenters. The molecule has 1 aromatic rings. The summed E-state index contributed by atoms with van der Waals surface area (Å²) in [5, 5.41) is 8.08. The zero-order chi connectivity index (χ0) is 12.4. The van der Waals surface area contributed by atoms with Crippen LogP contribution in [0, 0.1) is 0 Å². The summed E-state index contributed by atoms with van der Waals surface area (Å²) in [6.45, 7) is 3.27. The first-order valence-electron chi connectivity index (χ1n) is 6.59. The highest BCUT2D eigenvalue weighted by molar-refractivity contribution is 8.06. The van der Waals surface area contributed by atoms with Crippen molar-refractivity contribution in [2.75, 3.05) is 23.8 Å². The zero-order valence-electron chi connectivity index (χ0n) is 10.6. The van der Waals surface area contributed by atoms with E-state index < -0.39 is 0 Å². The molecule has 1 aromatic heterocycles. The van der Waals surface area contributed by atoms with Crippen molar-refractivity contribution in [2.24, 2.45) is 0 Å². The number of aromatic nitrogens is 2. The van der Waals surface area contributed by atoms with Crippen LogP contribution in [0.3, 0.4) is 0 Å². The lowest BCUT2D eigenvalue weighted by molar-refractivity contribution is 0.294. The van der Waals surface area contributed by atoms with E-state index in [-0.39, 0.29) is 0 Å². The second-order valence-corrected chi connectivity index (χ2v) is 7.46. The fraction of sp³-hybridized carbons (Fsp3) is 0.833. The summed E-state index contributed by atoms with van der Waals surface area (Å²) in [4.78, 5) is 4.65. The molecule has 0 spiro atoms. The molecular formula is C12H19N3OS2. The Kier molecular flexibility index (Phi) is 4.16. The summed E-state index contributed by atoms with van der Waals surface area (Å²) in [7, 11) is 0. The van der Waals surface area contributed by atoms with Gasteiger partial charge in [-0.05, 0) is 26.3 Å². The van der Waals surface area contributed by atoms with Crippen LogP contribution >= 0.6 is 23.5 Å². The first kappa shape index (κ1) is 12.8. The van der Waals surface area contributed by atoms with Crippen molar-refractivity contribution in [3.63, 3.8) is 0 Å². The standard InChI is InChI=1S/C12H19N3OS2/c1-8-6-9(2-3-13-8)12-14-11(15-16-12)10-7-17-4-5-18-10/h8-10,13H,2-7H2,1H3. The van der Waals surface area contributed by atoms with E-state index in [2.05, 4.69) is 22.4 Å². The van der Waals surface area contributed by atoms with E-state index in [1.807, 2.05) is 23.5 Å². The highest BCUT2D eigenvalue weighted by Gasteiger charge is 2.27. The Morgan fingerprint density at radius 3 is 3.11 bits per heavy atom. The van der Waals surface area contributed by atoms with E-state index in [1.54, 1.807) is 0 Å². The largest absolute Gasteiger partial charge is 0.339 e. The van der Waals surface area contributed by atoms with Crippen molar-refractivity contribution in [2.45, 2.75) is 37.0 Å². The average Bonchev–Trinajstić information content (AvgIpc) is 2.89. The number of thioether (sulfide) groups is 2. The van der Waals surface area contributed by atoms with Crippen molar-refractivity contribution < 1.29 is 4.52 Å². The molecule has 3 heterocycles. The van der Waals surface area contributed by atoms with Crippen LogP contribution in [0.25, 0.3) is 0 Å². The van der Waals surface area contributed by atoms with Gasteiger partial charge in [0, 0.05) is 29.2 Å². The van der Waals surface area contributed by atoms with Gasteiger partial charge >= 0.3 is 0 Å². The van der Waals surface area contributed by atoms with Gasteiger partial charge in [0.05, 0.1) is 5.25 Å². The minimum atomic E-state index is 0.431. The van der Waals surface area contributed by atoms with Crippen LogP contribution in [0.5, 0.6) is 0 Å². The number of piperidine rings is 1. The number of hydrogen-bond acceptors (Lipinski definition) is 6. The Balaban J connectivity index is 1.68. The van der Waals surface area contributed by atoms with Crippen LogP contribution < -0.4 is 5.32 Å². The molecule has 0 saturated carbocycles. The molecule has 0 amide bonds. The summed E-state index contributed by atoms with van der Waals surface area (Å²) < 4.78 is 5.49. The Bertz CT molecular complexity index is 392. The van der Waals surface area contributed by atoms with Crippen molar-refractivity contribution in [3.05, 3.63) is 11.7 Å². The van der Waals surface area contributed by atoms with Crippen LogP contribution in [0.1, 0.15) is 42.6 Å². The lowest BCUT2D eigenvalue weighted by Crippen LogP contribution is -2.34. The fourth-order valence-corrected chi connectivity index (χ4v) is 5.13. The van der Waals surface area contributed by atoms with Crippen LogP contribution in [-0.2, 0) is 0 Å². The third-order valence-corrected chi connectivity index (χ3v) is 6.29. The SMILES string of the molecule is CC1CC(c2nc(C3CSCCS3)no2)CCN1. The Labute approximate surface area is 116 Å². The maximum Gasteiger partial charge on any atom is 0.229 e. The van der Waals surface area contributed by atoms with Gasteiger partial charge in [-0.1, -0.05) is 5.16 Å². The van der Waals surface area contributed by atoms with Crippen LogP contribution in [-0.4, -0.2) is 40.0 Å². The summed E-state index contributed by atoms with van der Waals surface area (Å²) in [5.74, 6) is 5.78. The maximum absolute atomic E-state index is 5.49.